The first kappa shape index (κ1) is 26.7. The summed E-state index contributed by atoms with van der Waals surface area (Å²) in [6.07, 6.45) is 7.03. The van der Waals surface area contributed by atoms with Crippen LogP contribution in [0.1, 0.15) is 31.2 Å². The number of aromatic amines is 1. The number of methoxy groups -OCH3 is 1. The zero-order chi connectivity index (χ0) is 26.4. The highest BCUT2D eigenvalue weighted by Crippen LogP contribution is 2.24. The van der Waals surface area contributed by atoms with E-state index in [9.17, 15) is 18.0 Å². The Hall–Kier alpha value is -3.38. The van der Waals surface area contributed by atoms with Gasteiger partial charge in [0, 0.05) is 68.9 Å². The molecule has 1 fully saturated rings. The van der Waals surface area contributed by atoms with Crippen LogP contribution >= 0.6 is 0 Å². The third-order valence-electron chi connectivity index (χ3n) is 6.69. The second-order valence-corrected chi connectivity index (χ2v) is 11.2. The number of carbonyl (C=O) groups is 2. The molecule has 4 rings (SSSR count). The molecule has 0 aliphatic carbocycles. The molecule has 1 atom stereocenters. The first-order chi connectivity index (χ1) is 17.8. The first-order valence-electron chi connectivity index (χ1n) is 12.4. The second kappa shape index (κ2) is 11.8. The lowest BCUT2D eigenvalue weighted by atomic mass is 9.98. The van der Waals surface area contributed by atoms with E-state index < -0.39 is 10.0 Å². The maximum Gasteiger partial charge on any atom is 0.262 e. The average Bonchev–Trinajstić information content (AvgIpc) is 3.49. The Balaban J connectivity index is 1.37. The number of nitrogens with one attached hydrogen (secondary N) is 3. The van der Waals surface area contributed by atoms with E-state index in [1.165, 1.54) is 16.8 Å². The van der Waals surface area contributed by atoms with Crippen LogP contribution in [0.5, 0.6) is 5.75 Å². The Bertz CT molecular complexity index is 1350. The van der Waals surface area contributed by atoms with Crippen LogP contribution in [0, 0.1) is 5.92 Å². The van der Waals surface area contributed by atoms with Crippen LogP contribution in [0.15, 0.2) is 41.9 Å². The van der Waals surface area contributed by atoms with Gasteiger partial charge in [0.25, 0.3) is 10.0 Å². The molecule has 3 heterocycles. The predicted octanol–water partition coefficient (Wildman–Crippen LogP) is 1.57. The molecule has 37 heavy (non-hydrogen) atoms. The van der Waals surface area contributed by atoms with E-state index in [0.717, 1.165) is 22.2 Å². The summed E-state index contributed by atoms with van der Waals surface area (Å²) in [5.41, 5.74) is 2.09. The lowest BCUT2D eigenvalue weighted by Crippen LogP contribution is -2.36. The van der Waals surface area contributed by atoms with E-state index in [1.54, 1.807) is 18.7 Å². The van der Waals surface area contributed by atoms with Crippen molar-refractivity contribution in [1.29, 1.82) is 0 Å². The maximum absolute atomic E-state index is 13.1. The van der Waals surface area contributed by atoms with Gasteiger partial charge in [0.15, 0.2) is 5.03 Å². The molecule has 3 N–H and O–H groups in total. The lowest BCUT2D eigenvalue weighted by molar-refractivity contribution is -0.126. The molecule has 1 aromatic carbocycles. The molecule has 0 saturated carbocycles. The third kappa shape index (κ3) is 6.50. The van der Waals surface area contributed by atoms with Crippen molar-refractivity contribution in [2.24, 2.45) is 13.0 Å². The van der Waals surface area contributed by atoms with Gasteiger partial charge in [-0.05, 0) is 49.4 Å². The molecule has 1 unspecified atom stereocenters. The van der Waals surface area contributed by atoms with Crippen molar-refractivity contribution in [3.05, 3.63) is 42.5 Å². The fourth-order valence-corrected chi connectivity index (χ4v) is 6.03. The summed E-state index contributed by atoms with van der Waals surface area (Å²) in [6.45, 7) is 1.11. The van der Waals surface area contributed by atoms with Crippen LogP contribution < -0.4 is 15.4 Å². The summed E-state index contributed by atoms with van der Waals surface area (Å²) in [6, 6.07) is 5.83. The summed E-state index contributed by atoms with van der Waals surface area (Å²) < 4.78 is 34.4. The van der Waals surface area contributed by atoms with Crippen LogP contribution in [0.2, 0.25) is 0 Å². The molecular formula is C25H34N6O5S. The molecule has 12 heteroatoms. The molecule has 2 aromatic heterocycles. The zero-order valence-corrected chi connectivity index (χ0v) is 22.0. The highest BCUT2D eigenvalue weighted by atomic mass is 32.2. The number of carbonyl (C=O) groups excluding carboxylic acids is 2. The Morgan fingerprint density at radius 2 is 2.11 bits per heavy atom. The minimum Gasteiger partial charge on any atom is -0.497 e. The largest absolute Gasteiger partial charge is 0.497 e. The van der Waals surface area contributed by atoms with E-state index >= 15 is 0 Å². The normalized spacial score (nSPS) is 18.2. The summed E-state index contributed by atoms with van der Waals surface area (Å²) in [7, 11) is -0.507. The molecular weight excluding hydrogens is 496 g/mol. The van der Waals surface area contributed by atoms with Crippen LogP contribution in [0.3, 0.4) is 0 Å². The average molecular weight is 531 g/mol. The lowest BCUT2D eigenvalue weighted by Gasteiger charge is -2.21. The number of imidazole rings is 1. The number of aromatic nitrogens is 3. The Labute approximate surface area is 216 Å². The molecule has 0 spiro atoms. The molecule has 0 bridgehead atoms. The Morgan fingerprint density at radius 3 is 2.86 bits per heavy atom. The standard InChI is InChI=1S/C25H34N6O5S/c1-30-16-24(29-17-30)37(34,35)31-12-3-4-18(7-10-26-23(32)9-13-31)25(33)27-11-8-19-15-28-22-6-5-20(36-2)14-21(19)22/h5-6,14-18,28H,3-4,7-13H2,1-2H3,(H,26,32)(H,27,33). The molecule has 1 aliphatic heterocycles. The van der Waals surface area contributed by atoms with Gasteiger partial charge in [-0.1, -0.05) is 0 Å². The van der Waals surface area contributed by atoms with Crippen LogP contribution in [0.25, 0.3) is 10.9 Å². The van der Waals surface area contributed by atoms with Gasteiger partial charge in [-0.2, -0.15) is 4.31 Å². The van der Waals surface area contributed by atoms with Crippen molar-refractivity contribution in [2.75, 3.05) is 33.3 Å². The van der Waals surface area contributed by atoms with Crippen LogP contribution in [-0.2, 0) is 33.1 Å². The maximum atomic E-state index is 13.1. The topological polar surface area (TPSA) is 138 Å². The quantitative estimate of drug-likeness (QED) is 0.424. The van der Waals surface area contributed by atoms with E-state index in [0.29, 0.717) is 38.8 Å². The van der Waals surface area contributed by atoms with Crippen LogP contribution in [-0.4, -0.2) is 72.4 Å². The van der Waals surface area contributed by atoms with Crippen molar-refractivity contribution in [1.82, 2.24) is 29.5 Å². The molecule has 11 nitrogen and oxygen atoms in total. The number of ether oxygens (including phenoxy) is 1. The SMILES string of the molecule is COc1ccc2[nH]cc(CCNC(=O)C3CCCN(S(=O)(=O)c4cn(C)cn4)CCC(=O)NCC3)c2c1. The van der Waals surface area contributed by atoms with Gasteiger partial charge in [-0.15, -0.1) is 0 Å². The van der Waals surface area contributed by atoms with E-state index in [-0.39, 0.29) is 42.3 Å². The predicted molar refractivity (Wildman–Crippen MR) is 138 cm³/mol. The summed E-state index contributed by atoms with van der Waals surface area (Å²) >= 11 is 0. The van der Waals surface area contributed by atoms with Gasteiger partial charge in [-0.3, -0.25) is 9.59 Å². The summed E-state index contributed by atoms with van der Waals surface area (Å²) in [5.74, 6) is 0.110. The summed E-state index contributed by atoms with van der Waals surface area (Å²) in [4.78, 5) is 32.5. The van der Waals surface area contributed by atoms with Gasteiger partial charge in [0.2, 0.25) is 11.8 Å². The molecule has 0 radical (unpaired) electrons. The highest BCUT2D eigenvalue weighted by Gasteiger charge is 2.28. The number of H-pyrrole nitrogens is 1. The van der Waals surface area contributed by atoms with E-state index in [2.05, 4.69) is 20.6 Å². The van der Waals surface area contributed by atoms with E-state index in [4.69, 9.17) is 4.74 Å². The molecule has 3 aromatic rings. The molecule has 1 saturated heterocycles. The molecule has 2 amide bonds. The smallest absolute Gasteiger partial charge is 0.262 e. The number of amides is 2. The Morgan fingerprint density at radius 1 is 1.27 bits per heavy atom. The van der Waals surface area contributed by atoms with Gasteiger partial charge in [0.1, 0.15) is 5.75 Å². The van der Waals surface area contributed by atoms with E-state index in [1.807, 2.05) is 24.4 Å². The monoisotopic (exact) mass is 530 g/mol. The first-order valence-corrected chi connectivity index (χ1v) is 13.9. The van der Waals surface area contributed by atoms with Gasteiger partial charge in [-0.25, -0.2) is 13.4 Å². The number of sulfonamides is 1. The number of benzene rings is 1. The minimum absolute atomic E-state index is 0.0468. The zero-order valence-electron chi connectivity index (χ0n) is 21.2. The van der Waals surface area contributed by atoms with Gasteiger partial charge >= 0.3 is 0 Å². The van der Waals surface area contributed by atoms with Gasteiger partial charge in [0.05, 0.1) is 13.4 Å². The van der Waals surface area contributed by atoms with Crippen molar-refractivity contribution in [3.8, 4) is 5.75 Å². The van der Waals surface area contributed by atoms with Crippen molar-refractivity contribution in [3.63, 3.8) is 0 Å². The van der Waals surface area contributed by atoms with Crippen molar-refractivity contribution >= 4 is 32.7 Å². The molecule has 1 aliphatic rings. The molecule has 200 valence electrons. The highest BCUT2D eigenvalue weighted by molar-refractivity contribution is 7.89. The fraction of sp³-hybridized carbons (Fsp3) is 0.480. The van der Waals surface area contributed by atoms with Gasteiger partial charge < -0.3 is 24.9 Å². The third-order valence-corrected chi connectivity index (χ3v) is 8.47. The number of nitrogens with zero attached hydrogens (tertiary/aromatic N) is 3. The minimum atomic E-state index is -3.84. The second-order valence-electron chi connectivity index (χ2n) is 9.28. The number of hydrogen-bond acceptors (Lipinski definition) is 6. The number of rotatable bonds is 7. The van der Waals surface area contributed by atoms with Crippen LogP contribution in [0.4, 0.5) is 0 Å². The fourth-order valence-electron chi connectivity index (χ4n) is 4.58. The number of hydrogen-bond donors (Lipinski definition) is 3. The summed E-state index contributed by atoms with van der Waals surface area (Å²) in [5, 5.41) is 6.85. The number of fused-ring (bicyclic) bond motifs is 1. The number of aryl methyl sites for hydroxylation is 1. The van der Waals surface area contributed by atoms with Crippen molar-refractivity contribution in [2.45, 2.75) is 37.1 Å². The van der Waals surface area contributed by atoms with Crippen molar-refractivity contribution < 1.29 is 22.7 Å². The Kier molecular flexibility index (Phi) is 8.49.